The molecule has 4 amide bonds. The van der Waals surface area contributed by atoms with Crippen molar-refractivity contribution in [2.75, 3.05) is 31.5 Å². The van der Waals surface area contributed by atoms with Gasteiger partial charge in [0.25, 0.3) is 0 Å². The minimum Gasteiger partial charge on any atom is -0.324 e. The predicted octanol–water partition coefficient (Wildman–Crippen LogP) is 4.69. The van der Waals surface area contributed by atoms with Crippen molar-refractivity contribution in [2.45, 2.75) is 32.4 Å². The van der Waals surface area contributed by atoms with Gasteiger partial charge in [-0.1, -0.05) is 42.0 Å². The van der Waals surface area contributed by atoms with E-state index in [0.717, 1.165) is 41.7 Å². The van der Waals surface area contributed by atoms with Crippen LogP contribution in [0.5, 0.6) is 0 Å². The molecule has 6 nitrogen and oxygen atoms in total. The van der Waals surface area contributed by atoms with Crippen LogP contribution in [0.25, 0.3) is 0 Å². The Morgan fingerprint density at radius 3 is 2.43 bits per heavy atom. The molecule has 30 heavy (non-hydrogen) atoms. The molecule has 2 aliphatic heterocycles. The molecule has 0 atom stereocenters. The Hall–Kier alpha value is -2.54. The van der Waals surface area contributed by atoms with Crippen molar-refractivity contribution in [3.05, 3.63) is 64.1 Å². The highest BCUT2D eigenvalue weighted by Gasteiger charge is 2.36. The normalized spacial score (nSPS) is 17.5. The second-order valence-corrected chi connectivity index (χ2v) is 8.87. The monoisotopic (exact) mass is 470 g/mol. The Morgan fingerprint density at radius 2 is 1.73 bits per heavy atom. The zero-order valence-electron chi connectivity index (χ0n) is 17.2. The molecule has 0 spiro atoms. The fraction of sp³-hybridized carbons (Fsp3) is 0.391. The third-order valence-electron chi connectivity index (χ3n) is 5.93. The van der Waals surface area contributed by atoms with E-state index in [0.29, 0.717) is 19.6 Å². The van der Waals surface area contributed by atoms with E-state index in [1.165, 1.54) is 5.56 Å². The molecule has 2 heterocycles. The van der Waals surface area contributed by atoms with E-state index >= 15 is 0 Å². The van der Waals surface area contributed by atoms with Crippen molar-refractivity contribution in [1.82, 2.24) is 14.7 Å². The number of carbonyl (C=O) groups excluding carboxylic acids is 2. The summed E-state index contributed by atoms with van der Waals surface area (Å²) in [6.45, 7) is 5.56. The van der Waals surface area contributed by atoms with Crippen LogP contribution >= 0.6 is 15.9 Å². The number of nitrogens with one attached hydrogen (secondary N) is 1. The Bertz CT molecular complexity index is 910. The molecule has 2 aliphatic rings. The SMILES string of the molecule is Cc1ccc(CN2CCN(C3CCN(C(=O)Nc4ccccc4Br)CC3)C2=O)cc1. The molecule has 4 rings (SSSR count). The van der Waals surface area contributed by atoms with Crippen LogP contribution in [0.3, 0.4) is 0 Å². The Morgan fingerprint density at radius 1 is 1.03 bits per heavy atom. The number of rotatable bonds is 4. The lowest BCUT2D eigenvalue weighted by Gasteiger charge is -2.36. The van der Waals surface area contributed by atoms with Crippen LogP contribution < -0.4 is 5.32 Å². The summed E-state index contributed by atoms with van der Waals surface area (Å²) in [7, 11) is 0. The van der Waals surface area contributed by atoms with Crippen LogP contribution in [0.2, 0.25) is 0 Å². The van der Waals surface area contributed by atoms with E-state index in [1.807, 2.05) is 39.0 Å². The first-order valence-corrected chi connectivity index (χ1v) is 11.2. The maximum Gasteiger partial charge on any atom is 0.321 e. The number of amides is 4. The number of piperidine rings is 1. The highest BCUT2D eigenvalue weighted by atomic mass is 79.9. The number of para-hydroxylation sites is 1. The first-order chi connectivity index (χ1) is 14.5. The number of benzene rings is 2. The molecule has 1 N–H and O–H groups in total. The van der Waals surface area contributed by atoms with Gasteiger partial charge < -0.3 is 20.0 Å². The van der Waals surface area contributed by atoms with Gasteiger partial charge in [-0.3, -0.25) is 0 Å². The smallest absolute Gasteiger partial charge is 0.321 e. The van der Waals surface area contributed by atoms with Gasteiger partial charge in [0, 0.05) is 43.2 Å². The summed E-state index contributed by atoms with van der Waals surface area (Å²) in [5.74, 6) is 0. The van der Waals surface area contributed by atoms with Gasteiger partial charge >= 0.3 is 12.1 Å². The zero-order valence-corrected chi connectivity index (χ0v) is 18.8. The minimum absolute atomic E-state index is 0.0888. The minimum atomic E-state index is -0.0888. The number of hydrogen-bond donors (Lipinski definition) is 1. The summed E-state index contributed by atoms with van der Waals surface area (Å²) >= 11 is 3.46. The third-order valence-corrected chi connectivity index (χ3v) is 6.62. The van der Waals surface area contributed by atoms with Crippen LogP contribution in [0.1, 0.15) is 24.0 Å². The second-order valence-electron chi connectivity index (χ2n) is 8.01. The molecule has 158 valence electrons. The Kier molecular flexibility index (Phi) is 6.27. The fourth-order valence-electron chi connectivity index (χ4n) is 4.14. The summed E-state index contributed by atoms with van der Waals surface area (Å²) < 4.78 is 0.865. The van der Waals surface area contributed by atoms with Gasteiger partial charge in [-0.25, -0.2) is 9.59 Å². The topological polar surface area (TPSA) is 55.9 Å². The highest BCUT2D eigenvalue weighted by Crippen LogP contribution is 2.25. The molecule has 2 aromatic carbocycles. The lowest BCUT2D eigenvalue weighted by atomic mass is 10.0. The van der Waals surface area contributed by atoms with Gasteiger partial charge in [0.1, 0.15) is 0 Å². The van der Waals surface area contributed by atoms with E-state index in [2.05, 4.69) is 52.4 Å². The number of nitrogens with zero attached hydrogens (tertiary/aromatic N) is 3. The van der Waals surface area contributed by atoms with E-state index in [9.17, 15) is 9.59 Å². The molecular formula is C23H27BrN4O2. The summed E-state index contributed by atoms with van der Waals surface area (Å²) in [6.07, 6.45) is 1.63. The lowest BCUT2D eigenvalue weighted by Crippen LogP contribution is -2.49. The average molecular weight is 471 g/mol. The molecule has 0 radical (unpaired) electrons. The van der Waals surface area contributed by atoms with Gasteiger partial charge in [-0.2, -0.15) is 0 Å². The van der Waals surface area contributed by atoms with Gasteiger partial charge in [-0.05, 0) is 53.4 Å². The van der Waals surface area contributed by atoms with Gasteiger partial charge in [0.2, 0.25) is 0 Å². The molecular weight excluding hydrogens is 444 g/mol. The third kappa shape index (κ3) is 4.61. The van der Waals surface area contributed by atoms with Crippen LogP contribution in [0.4, 0.5) is 15.3 Å². The van der Waals surface area contributed by atoms with E-state index < -0.39 is 0 Å². The molecule has 2 fully saturated rings. The van der Waals surface area contributed by atoms with Gasteiger partial charge in [0.15, 0.2) is 0 Å². The summed E-state index contributed by atoms with van der Waals surface area (Å²) in [5.41, 5.74) is 3.16. The van der Waals surface area contributed by atoms with Crippen LogP contribution in [0.15, 0.2) is 53.0 Å². The molecule has 0 aromatic heterocycles. The van der Waals surface area contributed by atoms with Crippen molar-refractivity contribution in [3.8, 4) is 0 Å². The second kappa shape index (κ2) is 9.08. The van der Waals surface area contributed by atoms with E-state index in [-0.39, 0.29) is 18.1 Å². The highest BCUT2D eigenvalue weighted by molar-refractivity contribution is 9.10. The van der Waals surface area contributed by atoms with Crippen molar-refractivity contribution >= 4 is 33.7 Å². The van der Waals surface area contributed by atoms with E-state index in [1.54, 1.807) is 0 Å². The number of halogens is 1. The summed E-state index contributed by atoms with van der Waals surface area (Å²) in [5, 5.41) is 2.96. The molecule has 0 bridgehead atoms. The number of anilines is 1. The van der Waals surface area contributed by atoms with Crippen molar-refractivity contribution < 1.29 is 9.59 Å². The predicted molar refractivity (Wildman–Crippen MR) is 121 cm³/mol. The van der Waals surface area contributed by atoms with Crippen LogP contribution in [-0.4, -0.2) is 59.0 Å². The van der Waals surface area contributed by atoms with Crippen molar-refractivity contribution in [3.63, 3.8) is 0 Å². The van der Waals surface area contributed by atoms with Gasteiger partial charge in [-0.15, -0.1) is 0 Å². The average Bonchev–Trinajstić information content (AvgIpc) is 3.11. The lowest BCUT2D eigenvalue weighted by molar-refractivity contribution is 0.139. The van der Waals surface area contributed by atoms with Crippen molar-refractivity contribution in [1.29, 1.82) is 0 Å². The largest absolute Gasteiger partial charge is 0.324 e. The number of carbonyl (C=O) groups is 2. The Labute approximate surface area is 186 Å². The first kappa shape index (κ1) is 20.7. The molecule has 0 unspecified atom stereocenters. The molecule has 2 aromatic rings. The molecule has 2 saturated heterocycles. The first-order valence-electron chi connectivity index (χ1n) is 10.4. The molecule has 0 aliphatic carbocycles. The van der Waals surface area contributed by atoms with Crippen LogP contribution in [0, 0.1) is 6.92 Å². The maximum atomic E-state index is 12.9. The zero-order chi connectivity index (χ0) is 21.1. The number of likely N-dealkylation sites (tertiary alicyclic amines) is 1. The fourth-order valence-corrected chi connectivity index (χ4v) is 4.52. The molecule has 0 saturated carbocycles. The standard InChI is InChI=1S/C23H27BrN4O2/c1-17-6-8-18(9-7-17)16-27-14-15-28(23(27)30)19-10-12-26(13-11-19)22(29)25-21-5-3-2-4-20(21)24/h2-9,19H,10-16H2,1H3,(H,25,29). The maximum absolute atomic E-state index is 12.9. The molecule has 7 heteroatoms. The van der Waals surface area contributed by atoms with Gasteiger partial charge in [0.05, 0.1) is 5.69 Å². The number of hydrogen-bond acceptors (Lipinski definition) is 2. The Balaban J connectivity index is 1.29. The number of urea groups is 2. The quantitative estimate of drug-likeness (QED) is 0.704. The van der Waals surface area contributed by atoms with E-state index in [4.69, 9.17) is 0 Å². The summed E-state index contributed by atoms with van der Waals surface area (Å²) in [4.78, 5) is 31.3. The number of aryl methyl sites for hydroxylation is 1. The summed E-state index contributed by atoms with van der Waals surface area (Å²) in [6, 6.07) is 16.2. The van der Waals surface area contributed by atoms with Crippen LogP contribution in [-0.2, 0) is 6.54 Å². The van der Waals surface area contributed by atoms with Crippen molar-refractivity contribution in [2.24, 2.45) is 0 Å².